The Morgan fingerprint density at radius 3 is 2.35 bits per heavy atom. The molecule has 0 fully saturated rings. The van der Waals surface area contributed by atoms with Gasteiger partial charge in [0.25, 0.3) is 0 Å². The topological polar surface area (TPSA) is 33.1 Å². The van der Waals surface area contributed by atoms with Gasteiger partial charge < -0.3 is 5.11 Å². The number of rotatable bonds is 2. The minimum Gasteiger partial charge on any atom is -0.392 e. The summed E-state index contributed by atoms with van der Waals surface area (Å²) >= 11 is 0. The van der Waals surface area contributed by atoms with E-state index >= 15 is 0 Å². The van der Waals surface area contributed by atoms with Crippen LogP contribution in [0.25, 0.3) is 11.3 Å². The van der Waals surface area contributed by atoms with Crippen molar-refractivity contribution in [3.63, 3.8) is 0 Å². The minimum atomic E-state index is -4.72. The number of alkyl halides is 3. The van der Waals surface area contributed by atoms with Gasteiger partial charge in [0, 0.05) is 11.1 Å². The van der Waals surface area contributed by atoms with Crippen LogP contribution in [0.4, 0.5) is 22.0 Å². The van der Waals surface area contributed by atoms with E-state index in [1.807, 2.05) is 0 Å². The summed E-state index contributed by atoms with van der Waals surface area (Å²) in [5.74, 6) is -2.51. The lowest BCUT2D eigenvalue weighted by atomic mass is 10.0. The van der Waals surface area contributed by atoms with Crippen molar-refractivity contribution in [2.24, 2.45) is 0 Å². The Hall–Kier alpha value is -2.02. The number of hydrogen-bond donors (Lipinski definition) is 1. The molecule has 2 nitrogen and oxygen atoms in total. The minimum absolute atomic E-state index is 0.0255. The van der Waals surface area contributed by atoms with Gasteiger partial charge in [-0.15, -0.1) is 0 Å². The summed E-state index contributed by atoms with van der Waals surface area (Å²) in [4.78, 5) is 3.30. The normalized spacial score (nSPS) is 11.7. The first kappa shape index (κ1) is 14.4. The molecule has 0 unspecified atom stereocenters. The molecule has 0 bridgehead atoms. The zero-order chi connectivity index (χ0) is 14.9. The van der Waals surface area contributed by atoms with Gasteiger partial charge in [0.1, 0.15) is 5.69 Å². The van der Waals surface area contributed by atoms with E-state index < -0.39 is 41.4 Å². The van der Waals surface area contributed by atoms with Gasteiger partial charge in [-0.1, -0.05) is 12.1 Å². The number of hydrogen-bond acceptors (Lipinski definition) is 2. The summed E-state index contributed by atoms with van der Waals surface area (Å²) in [5, 5.41) is 9.10. The maximum absolute atomic E-state index is 13.7. The van der Waals surface area contributed by atoms with Crippen molar-refractivity contribution < 1.29 is 27.1 Å². The predicted octanol–water partition coefficient (Wildman–Crippen LogP) is 3.54. The van der Waals surface area contributed by atoms with Gasteiger partial charge in [-0.25, -0.2) is 13.8 Å². The summed E-state index contributed by atoms with van der Waals surface area (Å²) in [5.41, 5.74) is -2.13. The van der Waals surface area contributed by atoms with Crippen LogP contribution in [0.1, 0.15) is 11.3 Å². The molecule has 0 radical (unpaired) electrons. The van der Waals surface area contributed by atoms with Crippen LogP contribution in [0.15, 0.2) is 30.3 Å². The summed E-state index contributed by atoms with van der Waals surface area (Å²) in [6.45, 7) is -0.642. The molecule has 0 aliphatic carbocycles. The monoisotopic (exact) mass is 289 g/mol. The molecule has 1 N–H and O–H groups in total. The maximum Gasteiger partial charge on any atom is 0.433 e. The number of nitrogens with zero attached hydrogens (tertiary/aromatic N) is 1. The molecule has 0 amide bonds. The fourth-order valence-electron chi connectivity index (χ4n) is 1.69. The Morgan fingerprint density at radius 2 is 1.75 bits per heavy atom. The molecule has 1 aromatic carbocycles. The Kier molecular flexibility index (Phi) is 3.71. The lowest BCUT2D eigenvalue weighted by Gasteiger charge is -2.12. The van der Waals surface area contributed by atoms with Gasteiger partial charge >= 0.3 is 6.18 Å². The summed E-state index contributed by atoms with van der Waals surface area (Å²) in [7, 11) is 0. The van der Waals surface area contributed by atoms with Gasteiger partial charge in [0.15, 0.2) is 11.6 Å². The molecule has 20 heavy (non-hydrogen) atoms. The highest BCUT2D eigenvalue weighted by Crippen LogP contribution is 2.32. The fraction of sp³-hybridized carbons (Fsp3) is 0.154. The van der Waals surface area contributed by atoms with Crippen LogP contribution in [0.5, 0.6) is 0 Å². The van der Waals surface area contributed by atoms with Crippen molar-refractivity contribution >= 4 is 0 Å². The number of aliphatic hydroxyl groups excluding tert-OH is 1. The molecule has 7 heteroatoms. The Bertz CT molecular complexity index is 639. The molecular weight excluding hydrogens is 281 g/mol. The molecule has 0 atom stereocenters. The van der Waals surface area contributed by atoms with E-state index in [1.54, 1.807) is 0 Å². The highest BCUT2D eigenvalue weighted by molar-refractivity contribution is 5.64. The second-order valence-electron chi connectivity index (χ2n) is 3.96. The van der Waals surface area contributed by atoms with Crippen molar-refractivity contribution in [1.82, 2.24) is 4.98 Å². The summed E-state index contributed by atoms with van der Waals surface area (Å²) in [6.07, 6.45) is -4.72. The third-order valence-electron chi connectivity index (χ3n) is 2.65. The first-order chi connectivity index (χ1) is 9.34. The number of aliphatic hydroxyl groups is 1. The fourth-order valence-corrected chi connectivity index (χ4v) is 1.69. The smallest absolute Gasteiger partial charge is 0.392 e. The van der Waals surface area contributed by atoms with Gasteiger partial charge in [0.05, 0.1) is 12.3 Å². The van der Waals surface area contributed by atoms with Crippen LogP contribution < -0.4 is 0 Å². The lowest BCUT2D eigenvalue weighted by molar-refractivity contribution is -0.141. The number of benzene rings is 1. The third kappa shape index (κ3) is 2.62. The quantitative estimate of drug-likeness (QED) is 0.858. The summed E-state index contributed by atoms with van der Waals surface area (Å²) in [6, 6.07) is 4.74. The SMILES string of the molecule is OCc1ccc(C(F)(F)F)nc1-c1cccc(F)c1F. The van der Waals surface area contributed by atoms with Gasteiger partial charge in [-0.3, -0.25) is 0 Å². The molecule has 2 rings (SSSR count). The molecule has 0 aliphatic rings. The lowest BCUT2D eigenvalue weighted by Crippen LogP contribution is -2.10. The molecule has 0 spiro atoms. The van der Waals surface area contributed by atoms with Crippen molar-refractivity contribution in [2.45, 2.75) is 12.8 Å². The molecular formula is C13H8F5NO. The molecule has 0 saturated heterocycles. The number of pyridine rings is 1. The zero-order valence-corrected chi connectivity index (χ0v) is 9.88. The molecule has 106 valence electrons. The molecule has 2 aromatic rings. The second kappa shape index (κ2) is 5.16. The van der Waals surface area contributed by atoms with E-state index in [1.165, 1.54) is 0 Å². The van der Waals surface area contributed by atoms with Crippen molar-refractivity contribution in [3.05, 3.63) is 53.2 Å². The van der Waals surface area contributed by atoms with Crippen molar-refractivity contribution in [3.8, 4) is 11.3 Å². The Morgan fingerprint density at radius 1 is 1.05 bits per heavy atom. The Labute approximate surface area is 110 Å². The zero-order valence-electron chi connectivity index (χ0n) is 9.88. The summed E-state index contributed by atoms with van der Waals surface area (Å²) < 4.78 is 64.6. The van der Waals surface area contributed by atoms with Gasteiger partial charge in [-0.2, -0.15) is 13.2 Å². The van der Waals surface area contributed by atoms with Crippen LogP contribution in [0.2, 0.25) is 0 Å². The molecule has 1 heterocycles. The molecule has 0 saturated carbocycles. The standard InChI is InChI=1S/C13H8F5NO/c14-9-3-1-2-8(11(9)15)12-7(6-20)4-5-10(19-12)13(16,17)18/h1-5,20H,6H2. The van der Waals surface area contributed by atoms with E-state index in [-0.39, 0.29) is 5.56 Å². The van der Waals surface area contributed by atoms with E-state index in [0.717, 1.165) is 24.3 Å². The second-order valence-corrected chi connectivity index (χ2v) is 3.96. The van der Waals surface area contributed by atoms with Crippen LogP contribution in [-0.2, 0) is 12.8 Å². The average Bonchev–Trinajstić information content (AvgIpc) is 2.40. The third-order valence-corrected chi connectivity index (χ3v) is 2.65. The largest absolute Gasteiger partial charge is 0.433 e. The van der Waals surface area contributed by atoms with Gasteiger partial charge in [0.2, 0.25) is 0 Å². The molecule has 0 aliphatic heterocycles. The van der Waals surface area contributed by atoms with Crippen LogP contribution in [0, 0.1) is 11.6 Å². The van der Waals surface area contributed by atoms with Gasteiger partial charge in [-0.05, 0) is 18.2 Å². The van der Waals surface area contributed by atoms with E-state index in [2.05, 4.69) is 4.98 Å². The Balaban J connectivity index is 2.68. The number of halogens is 5. The van der Waals surface area contributed by atoms with Crippen LogP contribution in [0.3, 0.4) is 0 Å². The van der Waals surface area contributed by atoms with Crippen molar-refractivity contribution in [2.75, 3.05) is 0 Å². The van der Waals surface area contributed by atoms with Crippen LogP contribution >= 0.6 is 0 Å². The highest BCUT2D eigenvalue weighted by atomic mass is 19.4. The first-order valence-electron chi connectivity index (χ1n) is 5.47. The van der Waals surface area contributed by atoms with E-state index in [4.69, 9.17) is 5.11 Å². The van der Waals surface area contributed by atoms with Crippen LogP contribution in [-0.4, -0.2) is 10.1 Å². The highest BCUT2D eigenvalue weighted by Gasteiger charge is 2.33. The molecule has 1 aromatic heterocycles. The average molecular weight is 289 g/mol. The first-order valence-corrected chi connectivity index (χ1v) is 5.47. The number of aromatic nitrogens is 1. The van der Waals surface area contributed by atoms with E-state index in [0.29, 0.717) is 6.07 Å². The predicted molar refractivity (Wildman–Crippen MR) is 60.5 cm³/mol. The maximum atomic E-state index is 13.7. The van der Waals surface area contributed by atoms with Crippen molar-refractivity contribution in [1.29, 1.82) is 0 Å². The van der Waals surface area contributed by atoms with E-state index in [9.17, 15) is 22.0 Å².